The van der Waals surface area contributed by atoms with Crippen molar-refractivity contribution in [2.24, 2.45) is 0 Å². The van der Waals surface area contributed by atoms with E-state index < -0.39 is 5.82 Å². The van der Waals surface area contributed by atoms with Gasteiger partial charge in [0.05, 0.1) is 31.3 Å². The van der Waals surface area contributed by atoms with Crippen LogP contribution < -0.4 is 14.2 Å². The smallest absolute Gasteiger partial charge is 0.246 e. The summed E-state index contributed by atoms with van der Waals surface area (Å²) in [6.07, 6.45) is 5.57. The number of rotatable bonds is 8. The predicted octanol–water partition coefficient (Wildman–Crippen LogP) is 5.40. The molecule has 4 aromatic rings. The summed E-state index contributed by atoms with van der Waals surface area (Å²) < 4.78 is 33.1. The van der Waals surface area contributed by atoms with Crippen molar-refractivity contribution in [2.45, 2.75) is 19.4 Å². The average molecular weight is 503 g/mol. The molecule has 5 rings (SSSR count). The topological polar surface area (TPSA) is 78.7 Å². The summed E-state index contributed by atoms with van der Waals surface area (Å²) in [5.41, 5.74) is 2.41. The zero-order valence-electron chi connectivity index (χ0n) is 20.7. The third kappa shape index (κ3) is 4.60. The number of fused-ring (bicyclic) bond motifs is 1. The van der Waals surface area contributed by atoms with E-state index in [2.05, 4.69) is 11.6 Å². The number of methoxy groups -OCH3 is 1. The molecule has 0 unspecified atom stereocenters. The highest BCUT2D eigenvalue weighted by molar-refractivity contribution is 5.96. The largest absolute Gasteiger partial charge is 0.494 e. The molecular formula is C28H27FN4O4. The molecule has 3 heterocycles. The Morgan fingerprint density at radius 1 is 1.16 bits per heavy atom. The van der Waals surface area contributed by atoms with Gasteiger partial charge in [0.15, 0.2) is 17.2 Å². The number of halogens is 1. The number of aromatic nitrogens is 3. The first-order valence-corrected chi connectivity index (χ1v) is 12.0. The lowest BCUT2D eigenvalue weighted by Crippen LogP contribution is -2.27. The van der Waals surface area contributed by atoms with Crippen LogP contribution in [0.25, 0.3) is 22.2 Å². The lowest BCUT2D eigenvalue weighted by atomic mass is 10.1. The number of carbonyl (C=O) groups excluding carboxylic acids is 1. The predicted molar refractivity (Wildman–Crippen MR) is 138 cm³/mol. The van der Waals surface area contributed by atoms with Crippen LogP contribution in [0.2, 0.25) is 0 Å². The van der Waals surface area contributed by atoms with Gasteiger partial charge < -0.3 is 19.1 Å². The van der Waals surface area contributed by atoms with Crippen LogP contribution in [0.3, 0.4) is 0 Å². The monoisotopic (exact) mass is 502 g/mol. The van der Waals surface area contributed by atoms with E-state index in [-0.39, 0.29) is 23.4 Å². The molecule has 0 spiro atoms. The van der Waals surface area contributed by atoms with Crippen LogP contribution >= 0.6 is 0 Å². The molecule has 1 aliphatic heterocycles. The van der Waals surface area contributed by atoms with Crippen LogP contribution in [-0.2, 0) is 4.79 Å². The first-order chi connectivity index (χ1) is 18.0. The van der Waals surface area contributed by atoms with Gasteiger partial charge >= 0.3 is 0 Å². The molecule has 1 amide bonds. The molecule has 0 radical (unpaired) electrons. The van der Waals surface area contributed by atoms with Gasteiger partial charge in [-0.2, -0.15) is 9.49 Å². The fourth-order valence-electron chi connectivity index (χ4n) is 4.60. The molecule has 1 atom stereocenters. The zero-order chi connectivity index (χ0) is 25.9. The maximum absolute atomic E-state index is 14.5. The van der Waals surface area contributed by atoms with Gasteiger partial charge in [-0.25, -0.2) is 0 Å². The zero-order valence-corrected chi connectivity index (χ0v) is 20.7. The summed E-state index contributed by atoms with van der Waals surface area (Å²) >= 11 is 0. The minimum Gasteiger partial charge on any atom is -0.494 e. The molecule has 2 aromatic carbocycles. The molecule has 0 saturated carbocycles. The van der Waals surface area contributed by atoms with Crippen molar-refractivity contribution in [3.05, 3.63) is 73.3 Å². The number of ether oxygens (including phenoxy) is 3. The van der Waals surface area contributed by atoms with E-state index in [1.54, 1.807) is 41.6 Å². The summed E-state index contributed by atoms with van der Waals surface area (Å²) in [6, 6.07) is 12.0. The van der Waals surface area contributed by atoms with Crippen LogP contribution in [0, 0.1) is 5.82 Å². The molecule has 190 valence electrons. The van der Waals surface area contributed by atoms with E-state index in [0.717, 1.165) is 28.6 Å². The van der Waals surface area contributed by atoms with E-state index in [1.807, 2.05) is 23.7 Å². The maximum Gasteiger partial charge on any atom is 0.246 e. The molecular weight excluding hydrogens is 475 g/mol. The highest BCUT2D eigenvalue weighted by Crippen LogP contribution is 2.37. The van der Waals surface area contributed by atoms with Crippen LogP contribution in [0.4, 0.5) is 4.39 Å². The Hall–Kier alpha value is -4.40. The molecule has 1 aliphatic rings. The van der Waals surface area contributed by atoms with Crippen molar-refractivity contribution in [2.75, 3.05) is 26.8 Å². The summed E-state index contributed by atoms with van der Waals surface area (Å²) in [5, 5.41) is 5.81. The number of likely N-dealkylation sites (tertiary alicyclic amines) is 1. The number of hydrogen-bond donors (Lipinski definition) is 0. The Morgan fingerprint density at radius 3 is 2.68 bits per heavy atom. The number of nitrogens with zero attached hydrogens (tertiary/aromatic N) is 4. The molecule has 2 aromatic heterocycles. The van der Waals surface area contributed by atoms with Gasteiger partial charge in [0.1, 0.15) is 17.0 Å². The lowest BCUT2D eigenvalue weighted by molar-refractivity contribution is -0.125. The Kier molecular flexibility index (Phi) is 6.76. The summed E-state index contributed by atoms with van der Waals surface area (Å²) in [7, 11) is 1.41. The SMILES string of the molecule is C=CC(=O)N1CC[C@@H](n2nc(-c3ccc(Oc4cccc(OC)c4F)cc3)c3cncc(OCC)c32)C1. The molecule has 8 nitrogen and oxygen atoms in total. The van der Waals surface area contributed by atoms with Gasteiger partial charge in [0.2, 0.25) is 11.7 Å². The van der Waals surface area contributed by atoms with E-state index in [0.29, 0.717) is 31.2 Å². The average Bonchev–Trinajstić information content (AvgIpc) is 3.56. The highest BCUT2D eigenvalue weighted by Gasteiger charge is 2.30. The first-order valence-electron chi connectivity index (χ1n) is 12.0. The molecule has 1 saturated heterocycles. The minimum atomic E-state index is -0.561. The van der Waals surface area contributed by atoms with Crippen molar-refractivity contribution < 1.29 is 23.4 Å². The minimum absolute atomic E-state index is 0.0135. The Labute approximate surface area is 213 Å². The number of carbonyl (C=O) groups is 1. The summed E-state index contributed by atoms with van der Waals surface area (Å²) in [4.78, 5) is 18.3. The van der Waals surface area contributed by atoms with E-state index >= 15 is 0 Å². The second kappa shape index (κ2) is 10.3. The number of hydrogen-bond acceptors (Lipinski definition) is 6. The van der Waals surface area contributed by atoms with Gasteiger partial charge in [-0.05, 0) is 55.8 Å². The third-order valence-corrected chi connectivity index (χ3v) is 6.37. The van der Waals surface area contributed by atoms with Gasteiger partial charge in [-0.1, -0.05) is 12.6 Å². The first kappa shape index (κ1) is 24.3. The third-order valence-electron chi connectivity index (χ3n) is 6.37. The molecule has 9 heteroatoms. The standard InChI is InChI=1S/C28H27FN4O4/c1-4-25(34)32-14-13-19(17-32)33-28-21(15-30-16-24(28)36-5-2)27(31-33)18-9-11-20(12-10-18)37-23-8-6-7-22(35-3)26(23)29/h4,6-12,15-16,19H,1,5,13-14,17H2,2-3H3/t19-/m1/s1. The van der Waals surface area contributed by atoms with Crippen molar-refractivity contribution in [1.82, 2.24) is 19.7 Å². The second-order valence-corrected chi connectivity index (χ2v) is 8.59. The van der Waals surface area contributed by atoms with Crippen molar-refractivity contribution in [3.8, 4) is 34.3 Å². The fraction of sp³-hybridized carbons (Fsp3) is 0.250. The lowest BCUT2D eigenvalue weighted by Gasteiger charge is -2.16. The second-order valence-electron chi connectivity index (χ2n) is 8.59. The van der Waals surface area contributed by atoms with Crippen LogP contribution in [0.1, 0.15) is 19.4 Å². The van der Waals surface area contributed by atoms with Crippen molar-refractivity contribution in [3.63, 3.8) is 0 Å². The maximum atomic E-state index is 14.5. The normalized spacial score (nSPS) is 15.1. The summed E-state index contributed by atoms with van der Waals surface area (Å²) in [6.45, 7) is 7.18. The van der Waals surface area contributed by atoms with Crippen molar-refractivity contribution in [1.29, 1.82) is 0 Å². The molecule has 0 N–H and O–H groups in total. The molecule has 1 fully saturated rings. The molecule has 0 aliphatic carbocycles. The van der Waals surface area contributed by atoms with Gasteiger partial charge in [0, 0.05) is 24.8 Å². The quantitative estimate of drug-likeness (QED) is 0.301. The van der Waals surface area contributed by atoms with Crippen molar-refractivity contribution >= 4 is 16.8 Å². The Bertz CT molecular complexity index is 1450. The Balaban J connectivity index is 1.50. The Morgan fingerprint density at radius 2 is 1.95 bits per heavy atom. The number of amides is 1. The molecule has 0 bridgehead atoms. The summed E-state index contributed by atoms with van der Waals surface area (Å²) in [5.74, 6) is 0.655. The van der Waals surface area contributed by atoms with Gasteiger partial charge in [-0.15, -0.1) is 0 Å². The number of pyridine rings is 1. The highest BCUT2D eigenvalue weighted by atomic mass is 19.1. The number of benzene rings is 2. The van der Waals surface area contributed by atoms with Crippen LogP contribution in [-0.4, -0.2) is 52.4 Å². The van der Waals surface area contributed by atoms with Crippen LogP contribution in [0.5, 0.6) is 23.0 Å². The molecule has 37 heavy (non-hydrogen) atoms. The van der Waals surface area contributed by atoms with Gasteiger partial charge in [0.25, 0.3) is 0 Å². The van der Waals surface area contributed by atoms with E-state index in [4.69, 9.17) is 19.3 Å². The van der Waals surface area contributed by atoms with Crippen LogP contribution in [0.15, 0.2) is 67.5 Å². The van der Waals surface area contributed by atoms with E-state index in [9.17, 15) is 9.18 Å². The van der Waals surface area contributed by atoms with E-state index in [1.165, 1.54) is 19.3 Å². The fourth-order valence-corrected chi connectivity index (χ4v) is 4.60. The van der Waals surface area contributed by atoms with Gasteiger partial charge in [-0.3, -0.25) is 14.5 Å².